The first-order valence-electron chi connectivity index (χ1n) is 6.61. The molecule has 5 nitrogen and oxygen atoms in total. The molecular formula is C16H15N3O2. The van der Waals surface area contributed by atoms with E-state index in [1.807, 2.05) is 12.1 Å². The number of oxazole rings is 1. The molecule has 0 fully saturated rings. The third kappa shape index (κ3) is 3.02. The highest BCUT2D eigenvalue weighted by atomic mass is 16.3. The van der Waals surface area contributed by atoms with Gasteiger partial charge in [-0.2, -0.15) is 0 Å². The van der Waals surface area contributed by atoms with Crippen LogP contribution in [0, 0.1) is 6.92 Å². The van der Waals surface area contributed by atoms with Crippen LogP contribution in [0.15, 0.2) is 46.9 Å². The highest BCUT2D eigenvalue weighted by Gasteiger charge is 2.07. The van der Waals surface area contributed by atoms with Crippen LogP contribution in [-0.4, -0.2) is 10.9 Å². The number of nitrogen functional groups attached to an aromatic ring is 1. The number of aromatic nitrogens is 1. The molecule has 106 valence electrons. The number of anilines is 2. The van der Waals surface area contributed by atoms with Crippen molar-refractivity contribution >= 4 is 28.4 Å². The Bertz CT molecular complexity index is 808. The van der Waals surface area contributed by atoms with E-state index >= 15 is 0 Å². The number of nitrogens with two attached hydrogens (primary N) is 1. The van der Waals surface area contributed by atoms with Crippen LogP contribution >= 0.6 is 0 Å². The van der Waals surface area contributed by atoms with Crippen LogP contribution in [0.3, 0.4) is 0 Å². The molecule has 21 heavy (non-hydrogen) atoms. The number of aryl methyl sites for hydroxylation is 1. The average molecular weight is 281 g/mol. The predicted molar refractivity (Wildman–Crippen MR) is 81.9 cm³/mol. The first-order chi connectivity index (χ1) is 10.1. The topological polar surface area (TPSA) is 81.2 Å². The first-order valence-corrected chi connectivity index (χ1v) is 6.61. The lowest BCUT2D eigenvalue weighted by atomic mass is 10.1. The molecule has 3 N–H and O–H groups in total. The Labute approximate surface area is 121 Å². The second-order valence-electron chi connectivity index (χ2n) is 4.89. The standard InChI is InChI=1S/C16H15N3O2/c1-10-18-14-9-13(5-6-15(14)21-10)19-16(20)8-11-3-2-4-12(17)7-11/h2-7,9H,8,17H2,1H3,(H,19,20). The number of benzene rings is 2. The van der Waals surface area contributed by atoms with Crippen LogP contribution in [0.1, 0.15) is 11.5 Å². The van der Waals surface area contributed by atoms with Gasteiger partial charge in [-0.15, -0.1) is 0 Å². The lowest BCUT2D eigenvalue weighted by Crippen LogP contribution is -2.14. The van der Waals surface area contributed by atoms with E-state index in [1.165, 1.54) is 0 Å². The molecule has 0 aliphatic heterocycles. The van der Waals surface area contributed by atoms with E-state index in [0.29, 0.717) is 22.8 Å². The van der Waals surface area contributed by atoms with Crippen LogP contribution in [0.2, 0.25) is 0 Å². The third-order valence-corrected chi connectivity index (χ3v) is 3.09. The molecule has 5 heteroatoms. The third-order valence-electron chi connectivity index (χ3n) is 3.09. The molecule has 0 bridgehead atoms. The van der Waals surface area contributed by atoms with Crippen molar-refractivity contribution in [2.24, 2.45) is 0 Å². The van der Waals surface area contributed by atoms with Crippen molar-refractivity contribution in [2.45, 2.75) is 13.3 Å². The molecule has 0 radical (unpaired) electrons. The van der Waals surface area contributed by atoms with E-state index in [1.54, 1.807) is 37.3 Å². The van der Waals surface area contributed by atoms with E-state index in [0.717, 1.165) is 11.1 Å². The molecule has 3 rings (SSSR count). The number of rotatable bonds is 3. The van der Waals surface area contributed by atoms with Gasteiger partial charge in [-0.05, 0) is 35.9 Å². The Morgan fingerprint density at radius 2 is 2.14 bits per heavy atom. The van der Waals surface area contributed by atoms with Crippen molar-refractivity contribution in [3.05, 3.63) is 53.9 Å². The zero-order valence-electron chi connectivity index (χ0n) is 11.6. The number of hydrogen-bond donors (Lipinski definition) is 2. The summed E-state index contributed by atoms with van der Waals surface area (Å²) in [5, 5.41) is 2.85. The predicted octanol–water partition coefficient (Wildman–Crippen LogP) is 2.90. The highest BCUT2D eigenvalue weighted by molar-refractivity contribution is 5.94. The van der Waals surface area contributed by atoms with Gasteiger partial charge in [0.05, 0.1) is 6.42 Å². The summed E-state index contributed by atoms with van der Waals surface area (Å²) in [7, 11) is 0. The number of hydrogen-bond acceptors (Lipinski definition) is 4. The molecule has 0 spiro atoms. The Morgan fingerprint density at radius 3 is 2.95 bits per heavy atom. The maximum atomic E-state index is 12.0. The fraction of sp³-hybridized carbons (Fsp3) is 0.125. The number of nitrogens with one attached hydrogen (secondary N) is 1. The monoisotopic (exact) mass is 281 g/mol. The summed E-state index contributed by atoms with van der Waals surface area (Å²) in [4.78, 5) is 16.3. The van der Waals surface area contributed by atoms with Crippen LogP contribution < -0.4 is 11.1 Å². The normalized spacial score (nSPS) is 10.7. The number of amides is 1. The second kappa shape index (κ2) is 5.28. The zero-order chi connectivity index (χ0) is 14.8. The summed E-state index contributed by atoms with van der Waals surface area (Å²) in [5.74, 6) is 0.508. The summed E-state index contributed by atoms with van der Waals surface area (Å²) >= 11 is 0. The van der Waals surface area contributed by atoms with Gasteiger partial charge in [0, 0.05) is 18.3 Å². The van der Waals surface area contributed by atoms with Gasteiger partial charge in [0.1, 0.15) is 5.52 Å². The fourth-order valence-corrected chi connectivity index (χ4v) is 2.21. The zero-order valence-corrected chi connectivity index (χ0v) is 11.6. The van der Waals surface area contributed by atoms with Gasteiger partial charge in [0.25, 0.3) is 0 Å². The highest BCUT2D eigenvalue weighted by Crippen LogP contribution is 2.20. The van der Waals surface area contributed by atoms with E-state index in [2.05, 4.69) is 10.3 Å². The SMILES string of the molecule is Cc1nc2cc(NC(=O)Cc3cccc(N)c3)ccc2o1. The molecule has 1 aromatic heterocycles. The van der Waals surface area contributed by atoms with Crippen LogP contribution in [0.5, 0.6) is 0 Å². The lowest BCUT2D eigenvalue weighted by molar-refractivity contribution is -0.115. The summed E-state index contributed by atoms with van der Waals surface area (Å²) in [5.41, 5.74) is 9.37. The molecule has 1 amide bonds. The molecule has 3 aromatic rings. The lowest BCUT2D eigenvalue weighted by Gasteiger charge is -2.05. The molecule has 0 unspecified atom stereocenters. The minimum absolute atomic E-state index is 0.0971. The molecule has 1 heterocycles. The molecule has 0 saturated carbocycles. The maximum Gasteiger partial charge on any atom is 0.228 e. The fourth-order valence-electron chi connectivity index (χ4n) is 2.21. The van der Waals surface area contributed by atoms with Gasteiger partial charge < -0.3 is 15.5 Å². The molecule has 0 saturated heterocycles. The minimum Gasteiger partial charge on any atom is -0.441 e. The van der Waals surface area contributed by atoms with E-state index < -0.39 is 0 Å². The second-order valence-corrected chi connectivity index (χ2v) is 4.89. The average Bonchev–Trinajstić information content (AvgIpc) is 2.78. The quantitative estimate of drug-likeness (QED) is 0.723. The Balaban J connectivity index is 1.73. The van der Waals surface area contributed by atoms with Gasteiger partial charge in [0.2, 0.25) is 5.91 Å². The summed E-state index contributed by atoms with van der Waals surface area (Å²) in [6.07, 6.45) is 0.279. The Hall–Kier alpha value is -2.82. The number of nitrogens with zero attached hydrogens (tertiary/aromatic N) is 1. The summed E-state index contributed by atoms with van der Waals surface area (Å²) in [6.45, 7) is 1.79. The van der Waals surface area contributed by atoms with Gasteiger partial charge in [-0.25, -0.2) is 4.98 Å². The van der Waals surface area contributed by atoms with Gasteiger partial charge in [-0.3, -0.25) is 4.79 Å². The van der Waals surface area contributed by atoms with Crippen molar-refractivity contribution in [1.29, 1.82) is 0 Å². The van der Waals surface area contributed by atoms with Gasteiger partial charge in [0.15, 0.2) is 11.5 Å². The molecule has 0 aliphatic rings. The number of carbonyl (C=O) groups is 1. The van der Waals surface area contributed by atoms with Crippen molar-refractivity contribution in [1.82, 2.24) is 4.98 Å². The largest absolute Gasteiger partial charge is 0.441 e. The smallest absolute Gasteiger partial charge is 0.228 e. The van der Waals surface area contributed by atoms with E-state index in [4.69, 9.17) is 10.2 Å². The van der Waals surface area contributed by atoms with E-state index in [-0.39, 0.29) is 12.3 Å². The molecule has 0 atom stereocenters. The Kier molecular flexibility index (Phi) is 3.31. The Morgan fingerprint density at radius 1 is 1.29 bits per heavy atom. The molecular weight excluding hydrogens is 266 g/mol. The number of fused-ring (bicyclic) bond motifs is 1. The number of carbonyl (C=O) groups excluding carboxylic acids is 1. The van der Waals surface area contributed by atoms with Crippen LogP contribution in [0.4, 0.5) is 11.4 Å². The van der Waals surface area contributed by atoms with E-state index in [9.17, 15) is 4.79 Å². The van der Waals surface area contributed by atoms with Crippen molar-refractivity contribution in [3.8, 4) is 0 Å². The van der Waals surface area contributed by atoms with Gasteiger partial charge >= 0.3 is 0 Å². The first kappa shape index (κ1) is 13.2. The van der Waals surface area contributed by atoms with Crippen LogP contribution in [0.25, 0.3) is 11.1 Å². The minimum atomic E-state index is -0.0971. The van der Waals surface area contributed by atoms with Crippen molar-refractivity contribution < 1.29 is 9.21 Å². The molecule has 2 aromatic carbocycles. The summed E-state index contributed by atoms with van der Waals surface area (Å²) < 4.78 is 5.40. The van der Waals surface area contributed by atoms with Gasteiger partial charge in [-0.1, -0.05) is 12.1 Å². The molecule has 0 aliphatic carbocycles. The van der Waals surface area contributed by atoms with Crippen molar-refractivity contribution in [3.63, 3.8) is 0 Å². The van der Waals surface area contributed by atoms with Crippen LogP contribution in [-0.2, 0) is 11.2 Å². The van der Waals surface area contributed by atoms with Crippen molar-refractivity contribution in [2.75, 3.05) is 11.1 Å². The maximum absolute atomic E-state index is 12.0. The summed E-state index contributed by atoms with van der Waals surface area (Å²) in [6, 6.07) is 12.7.